The first kappa shape index (κ1) is 19.6. The quantitative estimate of drug-likeness (QED) is 0.742. The molecule has 0 aromatic heterocycles. The Hall–Kier alpha value is -1.76. The van der Waals surface area contributed by atoms with Crippen molar-refractivity contribution in [1.29, 1.82) is 0 Å². The van der Waals surface area contributed by atoms with E-state index in [0.717, 1.165) is 19.5 Å². The first-order valence-corrected chi connectivity index (χ1v) is 10.6. The molecule has 0 unspecified atom stereocenters. The Balaban J connectivity index is 1.95. The van der Waals surface area contributed by atoms with E-state index in [4.69, 9.17) is 4.74 Å². The van der Waals surface area contributed by atoms with Crippen LogP contribution in [-0.4, -0.2) is 52.2 Å². The fraction of sp³-hybridized carbons (Fsp3) is 0.611. The molecule has 1 aromatic rings. The molecule has 1 fully saturated rings. The van der Waals surface area contributed by atoms with Gasteiger partial charge in [0.1, 0.15) is 5.75 Å². The first-order chi connectivity index (χ1) is 11.8. The molecule has 6 nitrogen and oxygen atoms in total. The molecule has 1 saturated heterocycles. The zero-order valence-electron chi connectivity index (χ0n) is 15.3. The van der Waals surface area contributed by atoms with Gasteiger partial charge in [-0.2, -0.15) is 0 Å². The highest BCUT2D eigenvalue weighted by Crippen LogP contribution is 2.22. The molecule has 1 amide bonds. The number of likely N-dealkylation sites (tertiary alicyclic amines) is 1. The number of sulfonamides is 1. The van der Waals surface area contributed by atoms with Crippen molar-refractivity contribution >= 4 is 21.6 Å². The van der Waals surface area contributed by atoms with E-state index in [9.17, 15) is 13.2 Å². The molecule has 7 heteroatoms. The summed E-state index contributed by atoms with van der Waals surface area (Å²) in [6.07, 6.45) is 4.28. The van der Waals surface area contributed by atoms with Crippen LogP contribution in [0, 0.1) is 5.92 Å². The predicted octanol–water partition coefficient (Wildman–Crippen LogP) is 2.50. The molecule has 0 bridgehead atoms. The van der Waals surface area contributed by atoms with E-state index in [0.29, 0.717) is 36.7 Å². The summed E-state index contributed by atoms with van der Waals surface area (Å²) in [7, 11) is -1.84. The van der Waals surface area contributed by atoms with E-state index in [1.807, 2.05) is 4.90 Å². The second-order valence-electron chi connectivity index (χ2n) is 6.72. The van der Waals surface area contributed by atoms with Crippen molar-refractivity contribution in [3.05, 3.63) is 24.3 Å². The number of anilines is 1. The van der Waals surface area contributed by atoms with Crippen LogP contribution in [0.4, 0.5) is 5.69 Å². The average Bonchev–Trinajstić information content (AvgIpc) is 2.57. The van der Waals surface area contributed by atoms with Gasteiger partial charge >= 0.3 is 0 Å². The normalized spacial score (nSPS) is 18.0. The number of amides is 1. The molecule has 1 aromatic carbocycles. The van der Waals surface area contributed by atoms with E-state index < -0.39 is 10.0 Å². The molecule has 140 valence electrons. The van der Waals surface area contributed by atoms with Gasteiger partial charge in [0.05, 0.1) is 19.1 Å². The number of carbonyl (C=O) groups is 1. The number of piperidine rings is 1. The lowest BCUT2D eigenvalue weighted by molar-refractivity contribution is -0.132. The van der Waals surface area contributed by atoms with Gasteiger partial charge in [-0.3, -0.25) is 9.10 Å². The zero-order valence-corrected chi connectivity index (χ0v) is 16.1. The number of rotatable bonds is 7. The molecule has 1 atom stereocenters. The summed E-state index contributed by atoms with van der Waals surface area (Å²) in [5.41, 5.74) is 0.586. The smallest absolute Gasteiger partial charge is 0.232 e. The van der Waals surface area contributed by atoms with Gasteiger partial charge in [0.2, 0.25) is 15.9 Å². The summed E-state index contributed by atoms with van der Waals surface area (Å²) in [5, 5.41) is 0. The molecule has 25 heavy (non-hydrogen) atoms. The molecule has 0 N–H and O–H groups in total. The van der Waals surface area contributed by atoms with Crippen molar-refractivity contribution in [3.63, 3.8) is 0 Å². The van der Waals surface area contributed by atoms with Gasteiger partial charge in [-0.25, -0.2) is 8.42 Å². The summed E-state index contributed by atoms with van der Waals surface area (Å²) < 4.78 is 30.7. The van der Waals surface area contributed by atoms with Crippen LogP contribution in [-0.2, 0) is 14.8 Å². The van der Waals surface area contributed by atoms with Crippen LogP contribution >= 0.6 is 0 Å². The topological polar surface area (TPSA) is 66.9 Å². The maximum Gasteiger partial charge on any atom is 0.232 e. The lowest BCUT2D eigenvalue weighted by atomic mass is 10.00. The molecule has 0 saturated carbocycles. The van der Waals surface area contributed by atoms with Crippen molar-refractivity contribution in [2.75, 3.05) is 37.3 Å². The maximum atomic E-state index is 12.3. The highest BCUT2D eigenvalue weighted by Gasteiger charge is 2.22. The zero-order chi connectivity index (χ0) is 18.4. The number of benzene rings is 1. The Bertz CT molecular complexity index is 673. The van der Waals surface area contributed by atoms with Gasteiger partial charge < -0.3 is 9.64 Å². The second-order valence-corrected chi connectivity index (χ2v) is 8.63. The number of carbonyl (C=O) groups excluding carboxylic acids is 1. The average molecular weight is 368 g/mol. The molecular weight excluding hydrogens is 340 g/mol. The van der Waals surface area contributed by atoms with Gasteiger partial charge in [-0.1, -0.05) is 6.92 Å². The molecule has 2 rings (SSSR count). The van der Waals surface area contributed by atoms with Crippen LogP contribution in [0.2, 0.25) is 0 Å². The van der Waals surface area contributed by atoms with Gasteiger partial charge in [-0.15, -0.1) is 0 Å². The van der Waals surface area contributed by atoms with Crippen molar-refractivity contribution in [3.8, 4) is 5.75 Å². The SMILES string of the molecule is COc1ccc(N(CCCC(=O)N2CCC[C@H](C)C2)S(C)(=O)=O)cc1. The largest absolute Gasteiger partial charge is 0.497 e. The van der Waals surface area contributed by atoms with Crippen molar-refractivity contribution in [2.24, 2.45) is 5.92 Å². The summed E-state index contributed by atoms with van der Waals surface area (Å²) in [5.74, 6) is 1.34. The maximum absolute atomic E-state index is 12.3. The predicted molar refractivity (Wildman–Crippen MR) is 99.4 cm³/mol. The Morgan fingerprint density at radius 1 is 1.32 bits per heavy atom. The molecule has 1 heterocycles. The highest BCUT2D eigenvalue weighted by atomic mass is 32.2. The Kier molecular flexibility index (Phi) is 6.70. The van der Waals surface area contributed by atoms with Crippen molar-refractivity contribution in [2.45, 2.75) is 32.6 Å². The van der Waals surface area contributed by atoms with Gasteiger partial charge in [0, 0.05) is 26.1 Å². The van der Waals surface area contributed by atoms with E-state index in [1.165, 1.54) is 17.0 Å². The van der Waals surface area contributed by atoms with Crippen LogP contribution in [0.15, 0.2) is 24.3 Å². The summed E-state index contributed by atoms with van der Waals surface area (Å²) in [6, 6.07) is 6.89. The van der Waals surface area contributed by atoms with E-state index in [-0.39, 0.29) is 5.91 Å². The summed E-state index contributed by atoms with van der Waals surface area (Å²) in [6.45, 7) is 4.08. The molecule has 1 aliphatic rings. The van der Waals surface area contributed by atoms with E-state index in [2.05, 4.69) is 6.92 Å². The molecule has 0 aliphatic carbocycles. The van der Waals surface area contributed by atoms with E-state index >= 15 is 0 Å². The molecule has 0 radical (unpaired) electrons. The first-order valence-electron chi connectivity index (χ1n) is 8.71. The fourth-order valence-electron chi connectivity index (χ4n) is 3.18. The highest BCUT2D eigenvalue weighted by molar-refractivity contribution is 7.92. The number of ether oxygens (including phenoxy) is 1. The van der Waals surface area contributed by atoms with Crippen molar-refractivity contribution in [1.82, 2.24) is 4.90 Å². The minimum atomic E-state index is -3.40. The standard InChI is InChI=1S/C18H28N2O4S/c1-15-6-4-12-19(14-15)18(21)7-5-13-20(25(3,22)23)16-8-10-17(24-2)11-9-16/h8-11,15H,4-7,12-14H2,1-3H3/t15-/m0/s1. The fourth-order valence-corrected chi connectivity index (χ4v) is 4.15. The lowest BCUT2D eigenvalue weighted by Gasteiger charge is -2.31. The molecule has 1 aliphatic heterocycles. The third-order valence-corrected chi connectivity index (χ3v) is 5.72. The Morgan fingerprint density at radius 2 is 2.00 bits per heavy atom. The van der Waals surface area contributed by atoms with Crippen LogP contribution in [0.25, 0.3) is 0 Å². The van der Waals surface area contributed by atoms with Crippen LogP contribution < -0.4 is 9.04 Å². The van der Waals surface area contributed by atoms with Crippen LogP contribution in [0.1, 0.15) is 32.6 Å². The monoisotopic (exact) mass is 368 g/mol. The van der Waals surface area contributed by atoms with Gasteiger partial charge in [-0.05, 0) is 49.4 Å². The third-order valence-electron chi connectivity index (χ3n) is 4.52. The van der Waals surface area contributed by atoms with Crippen molar-refractivity contribution < 1.29 is 17.9 Å². The molecule has 0 spiro atoms. The number of hydrogen-bond donors (Lipinski definition) is 0. The summed E-state index contributed by atoms with van der Waals surface area (Å²) in [4.78, 5) is 14.2. The number of methoxy groups -OCH3 is 1. The van der Waals surface area contributed by atoms with Gasteiger partial charge in [0.25, 0.3) is 0 Å². The second kappa shape index (κ2) is 8.56. The number of hydrogen-bond acceptors (Lipinski definition) is 4. The minimum absolute atomic E-state index is 0.120. The van der Waals surface area contributed by atoms with Crippen LogP contribution in [0.5, 0.6) is 5.75 Å². The van der Waals surface area contributed by atoms with Crippen LogP contribution in [0.3, 0.4) is 0 Å². The molecular formula is C18H28N2O4S. The minimum Gasteiger partial charge on any atom is -0.497 e. The third kappa shape index (κ3) is 5.63. The summed E-state index contributed by atoms with van der Waals surface area (Å²) >= 11 is 0. The van der Waals surface area contributed by atoms with Gasteiger partial charge in [0.15, 0.2) is 0 Å². The van der Waals surface area contributed by atoms with E-state index in [1.54, 1.807) is 31.4 Å². The lowest BCUT2D eigenvalue weighted by Crippen LogP contribution is -2.39. The Morgan fingerprint density at radius 3 is 2.56 bits per heavy atom. The number of nitrogens with zero attached hydrogens (tertiary/aromatic N) is 2. The Labute approximate surface area is 150 Å².